The third-order valence-electron chi connectivity index (χ3n) is 3.91. The maximum atomic E-state index is 9.83. The van der Waals surface area contributed by atoms with E-state index in [4.69, 9.17) is 11.6 Å². The van der Waals surface area contributed by atoms with E-state index in [0.717, 1.165) is 21.3 Å². The summed E-state index contributed by atoms with van der Waals surface area (Å²) in [6, 6.07) is 11.8. The zero-order chi connectivity index (χ0) is 18.8. The summed E-state index contributed by atoms with van der Waals surface area (Å²) in [6.45, 7) is 0. The lowest BCUT2D eigenvalue weighted by molar-refractivity contribution is 0.450. The van der Waals surface area contributed by atoms with Crippen molar-refractivity contribution in [3.63, 3.8) is 0 Å². The molecular formula is C19H13ClN4O2S. The van der Waals surface area contributed by atoms with Gasteiger partial charge < -0.3 is 10.2 Å². The van der Waals surface area contributed by atoms with Crippen LogP contribution in [0.2, 0.25) is 5.02 Å². The van der Waals surface area contributed by atoms with Gasteiger partial charge in [0, 0.05) is 27.6 Å². The van der Waals surface area contributed by atoms with Crippen molar-refractivity contribution >= 4 is 45.2 Å². The number of benzene rings is 2. The lowest BCUT2D eigenvalue weighted by atomic mass is 10.1. The summed E-state index contributed by atoms with van der Waals surface area (Å²) in [4.78, 5) is 9.44. The van der Waals surface area contributed by atoms with E-state index in [2.05, 4.69) is 20.5 Å². The molecule has 0 bridgehead atoms. The van der Waals surface area contributed by atoms with Gasteiger partial charge in [0.25, 0.3) is 0 Å². The van der Waals surface area contributed by atoms with Crippen LogP contribution in [0.1, 0.15) is 5.56 Å². The molecule has 0 amide bonds. The molecule has 0 saturated heterocycles. The third-order valence-corrected chi connectivity index (χ3v) is 5.05. The highest BCUT2D eigenvalue weighted by Crippen LogP contribution is 2.36. The van der Waals surface area contributed by atoms with Crippen LogP contribution in [0.5, 0.6) is 11.5 Å². The Morgan fingerprint density at radius 3 is 2.67 bits per heavy atom. The number of thiophene rings is 1. The number of hydrogen-bond acceptors (Lipinski definition) is 7. The Morgan fingerprint density at radius 1 is 1.07 bits per heavy atom. The standard InChI is InChI=1S/C19H13ClN4O2S/c20-13-4-1-11(2-5-13)15-9-27-19-17(15)18(21-10-22-19)24-23-8-12-3-6-14(25)7-16(12)26/h1-10,25-26H,(H,21,22,24)/b23-8-. The minimum Gasteiger partial charge on any atom is -0.508 e. The Hall–Kier alpha value is -3.16. The van der Waals surface area contributed by atoms with Crippen molar-refractivity contribution in [1.29, 1.82) is 0 Å². The molecule has 0 fully saturated rings. The number of anilines is 1. The van der Waals surface area contributed by atoms with Crippen LogP contribution in [-0.4, -0.2) is 26.4 Å². The van der Waals surface area contributed by atoms with E-state index in [0.29, 0.717) is 16.4 Å². The molecule has 6 nitrogen and oxygen atoms in total. The van der Waals surface area contributed by atoms with Gasteiger partial charge in [-0.15, -0.1) is 11.3 Å². The molecule has 0 saturated carbocycles. The third kappa shape index (κ3) is 3.55. The minimum atomic E-state index is -0.0641. The number of aromatic nitrogens is 2. The lowest BCUT2D eigenvalue weighted by Crippen LogP contribution is -1.95. The highest BCUT2D eigenvalue weighted by Gasteiger charge is 2.12. The fourth-order valence-corrected chi connectivity index (χ4v) is 3.65. The summed E-state index contributed by atoms with van der Waals surface area (Å²) in [5.41, 5.74) is 5.36. The summed E-state index contributed by atoms with van der Waals surface area (Å²) in [6.07, 6.45) is 2.93. The van der Waals surface area contributed by atoms with Gasteiger partial charge in [-0.05, 0) is 29.8 Å². The quantitative estimate of drug-likeness (QED) is 0.338. The lowest BCUT2D eigenvalue weighted by Gasteiger charge is -2.05. The van der Waals surface area contributed by atoms with Crippen molar-refractivity contribution in [2.75, 3.05) is 5.43 Å². The molecule has 0 spiro atoms. The summed E-state index contributed by atoms with van der Waals surface area (Å²) < 4.78 is 0. The van der Waals surface area contributed by atoms with Crippen LogP contribution in [0, 0.1) is 0 Å². The maximum absolute atomic E-state index is 9.83. The van der Waals surface area contributed by atoms with E-state index in [1.807, 2.05) is 29.6 Å². The van der Waals surface area contributed by atoms with Gasteiger partial charge in [0.2, 0.25) is 0 Å². The predicted octanol–water partition coefficient (Wildman–Crippen LogP) is 4.87. The van der Waals surface area contributed by atoms with Gasteiger partial charge in [0.05, 0.1) is 11.6 Å². The smallest absolute Gasteiger partial charge is 0.159 e. The van der Waals surface area contributed by atoms with E-state index in [1.54, 1.807) is 6.07 Å². The molecule has 134 valence electrons. The minimum absolute atomic E-state index is 0.0130. The van der Waals surface area contributed by atoms with Gasteiger partial charge in [0.1, 0.15) is 22.7 Å². The van der Waals surface area contributed by atoms with E-state index in [1.165, 1.54) is 36.0 Å². The number of phenolic OH excluding ortho intramolecular Hbond substituents is 2. The molecule has 4 aromatic rings. The molecule has 0 aliphatic heterocycles. The van der Waals surface area contributed by atoms with Gasteiger partial charge in [-0.2, -0.15) is 5.10 Å². The molecule has 3 N–H and O–H groups in total. The van der Waals surface area contributed by atoms with Gasteiger partial charge in [-0.3, -0.25) is 5.43 Å². The Morgan fingerprint density at radius 2 is 1.89 bits per heavy atom. The van der Waals surface area contributed by atoms with Crippen LogP contribution in [0.15, 0.2) is 59.3 Å². The van der Waals surface area contributed by atoms with Gasteiger partial charge in [-0.25, -0.2) is 9.97 Å². The van der Waals surface area contributed by atoms with Gasteiger partial charge in [0.15, 0.2) is 5.82 Å². The molecule has 0 atom stereocenters. The van der Waals surface area contributed by atoms with Crippen molar-refractivity contribution in [3.8, 4) is 22.6 Å². The first-order chi connectivity index (χ1) is 13.1. The van der Waals surface area contributed by atoms with Crippen LogP contribution in [0.4, 0.5) is 5.82 Å². The van der Waals surface area contributed by atoms with E-state index < -0.39 is 0 Å². The fourth-order valence-electron chi connectivity index (χ4n) is 2.61. The van der Waals surface area contributed by atoms with Crippen molar-refractivity contribution in [2.24, 2.45) is 5.10 Å². The predicted molar refractivity (Wildman–Crippen MR) is 109 cm³/mol. The zero-order valence-corrected chi connectivity index (χ0v) is 15.4. The molecule has 0 unspecified atom stereocenters. The second-order valence-corrected chi connectivity index (χ2v) is 6.97. The number of hydrazone groups is 1. The van der Waals surface area contributed by atoms with Crippen molar-refractivity contribution < 1.29 is 10.2 Å². The molecule has 2 aromatic carbocycles. The van der Waals surface area contributed by atoms with Crippen molar-refractivity contribution in [3.05, 3.63) is 64.8 Å². The number of phenols is 2. The number of rotatable bonds is 4. The summed E-state index contributed by atoms with van der Waals surface area (Å²) >= 11 is 7.50. The monoisotopic (exact) mass is 396 g/mol. The molecular weight excluding hydrogens is 384 g/mol. The Balaban J connectivity index is 1.68. The summed E-state index contributed by atoms with van der Waals surface area (Å²) in [5.74, 6) is 0.479. The molecule has 8 heteroatoms. The van der Waals surface area contributed by atoms with E-state index in [-0.39, 0.29) is 11.5 Å². The number of fused-ring (bicyclic) bond motifs is 1. The molecule has 2 aromatic heterocycles. The van der Waals surface area contributed by atoms with Gasteiger partial charge >= 0.3 is 0 Å². The highest BCUT2D eigenvalue weighted by atomic mass is 35.5. The Kier molecular flexibility index (Phi) is 4.62. The molecule has 0 radical (unpaired) electrons. The highest BCUT2D eigenvalue weighted by molar-refractivity contribution is 7.17. The first-order valence-electron chi connectivity index (χ1n) is 7.91. The van der Waals surface area contributed by atoms with Crippen molar-refractivity contribution in [2.45, 2.75) is 0 Å². The molecule has 4 rings (SSSR count). The van der Waals surface area contributed by atoms with Crippen LogP contribution < -0.4 is 5.43 Å². The van der Waals surface area contributed by atoms with E-state index >= 15 is 0 Å². The number of hydrogen-bond donors (Lipinski definition) is 3. The Bertz CT molecular complexity index is 1140. The number of nitrogens with zero attached hydrogens (tertiary/aromatic N) is 3. The van der Waals surface area contributed by atoms with Gasteiger partial charge in [-0.1, -0.05) is 23.7 Å². The van der Waals surface area contributed by atoms with Crippen LogP contribution >= 0.6 is 22.9 Å². The molecule has 27 heavy (non-hydrogen) atoms. The van der Waals surface area contributed by atoms with E-state index in [9.17, 15) is 10.2 Å². The first kappa shape index (κ1) is 17.3. The first-order valence-corrected chi connectivity index (χ1v) is 9.17. The molecule has 0 aliphatic carbocycles. The molecule has 0 aliphatic rings. The topological polar surface area (TPSA) is 90.6 Å². The van der Waals surface area contributed by atoms with Crippen molar-refractivity contribution in [1.82, 2.24) is 9.97 Å². The second-order valence-electron chi connectivity index (χ2n) is 5.67. The summed E-state index contributed by atoms with van der Waals surface area (Å²) in [5, 5.41) is 26.9. The largest absolute Gasteiger partial charge is 0.508 e. The van der Waals surface area contributed by atoms with Crippen LogP contribution in [0.25, 0.3) is 21.3 Å². The SMILES string of the molecule is Oc1ccc(/C=N\Nc2ncnc3scc(-c4ccc(Cl)cc4)c23)c(O)c1. The maximum Gasteiger partial charge on any atom is 0.159 e. The number of nitrogens with one attached hydrogen (secondary N) is 1. The van der Waals surface area contributed by atoms with Crippen LogP contribution in [-0.2, 0) is 0 Å². The average Bonchev–Trinajstić information content (AvgIpc) is 3.09. The second kappa shape index (κ2) is 7.22. The average molecular weight is 397 g/mol. The zero-order valence-electron chi connectivity index (χ0n) is 13.8. The number of halogens is 1. The number of aromatic hydroxyl groups is 2. The van der Waals surface area contributed by atoms with Crippen LogP contribution in [0.3, 0.4) is 0 Å². The fraction of sp³-hybridized carbons (Fsp3) is 0. The Labute approximate surface area is 163 Å². The normalized spacial score (nSPS) is 11.3. The summed E-state index contributed by atoms with van der Waals surface area (Å²) in [7, 11) is 0. The molecule has 2 heterocycles.